The van der Waals surface area contributed by atoms with Crippen LogP contribution >= 0.6 is 15.9 Å². The molecule has 3 atom stereocenters. The number of carbonyl (C=O) groups is 2. The summed E-state index contributed by atoms with van der Waals surface area (Å²) in [7, 11) is 1.20. The summed E-state index contributed by atoms with van der Waals surface area (Å²) >= 11 is 3.15. The van der Waals surface area contributed by atoms with Crippen LogP contribution in [0.15, 0.2) is 22.7 Å². The third-order valence-electron chi connectivity index (χ3n) is 3.42. The van der Waals surface area contributed by atoms with E-state index < -0.39 is 35.4 Å². The minimum absolute atomic E-state index is 0.0229. The molecule has 1 aromatic carbocycles. The van der Waals surface area contributed by atoms with Crippen LogP contribution in [-0.2, 0) is 23.8 Å². The largest absolute Gasteiger partial charge is 0.467 e. The number of ether oxygens (including phenoxy) is 4. The third-order valence-corrected chi connectivity index (χ3v) is 3.91. The van der Waals surface area contributed by atoms with E-state index >= 15 is 0 Å². The average molecular weight is 418 g/mol. The molecule has 10 heteroatoms. The quantitative estimate of drug-likeness (QED) is 0.407. The number of halogens is 1. The number of hydrogen-bond donors (Lipinski definition) is 0. The second kappa shape index (κ2) is 8.26. The number of nitro benzene ring substituents is 1. The first-order valence-corrected chi connectivity index (χ1v) is 8.10. The molecule has 25 heavy (non-hydrogen) atoms. The van der Waals surface area contributed by atoms with Gasteiger partial charge in [0, 0.05) is 30.3 Å². The molecular weight excluding hydrogens is 402 g/mol. The minimum atomic E-state index is -1.01. The van der Waals surface area contributed by atoms with Gasteiger partial charge < -0.3 is 18.9 Å². The highest BCUT2D eigenvalue weighted by Crippen LogP contribution is 2.33. The Morgan fingerprint density at radius 2 is 2.08 bits per heavy atom. The maximum absolute atomic E-state index is 11.8. The van der Waals surface area contributed by atoms with Gasteiger partial charge in [-0.25, -0.2) is 4.79 Å². The Kier molecular flexibility index (Phi) is 6.32. The van der Waals surface area contributed by atoms with Crippen LogP contribution in [0.25, 0.3) is 0 Å². The number of rotatable bonds is 5. The molecule has 9 nitrogen and oxygen atoms in total. The van der Waals surface area contributed by atoms with Crippen LogP contribution in [0, 0.1) is 10.1 Å². The highest BCUT2D eigenvalue weighted by molar-refractivity contribution is 9.10. The highest BCUT2D eigenvalue weighted by atomic mass is 79.9. The number of carbonyl (C=O) groups excluding carboxylic acids is 2. The van der Waals surface area contributed by atoms with E-state index in [1.54, 1.807) is 6.07 Å². The van der Waals surface area contributed by atoms with Gasteiger partial charge in [-0.3, -0.25) is 14.9 Å². The monoisotopic (exact) mass is 417 g/mol. The first kappa shape index (κ1) is 19.1. The van der Waals surface area contributed by atoms with E-state index in [0.29, 0.717) is 4.47 Å². The molecule has 0 saturated carbocycles. The summed E-state index contributed by atoms with van der Waals surface area (Å²) in [6.45, 7) is 1.25. The molecule has 1 aromatic rings. The van der Waals surface area contributed by atoms with Gasteiger partial charge in [-0.15, -0.1) is 0 Å². The van der Waals surface area contributed by atoms with Gasteiger partial charge in [0.1, 0.15) is 6.10 Å². The minimum Gasteiger partial charge on any atom is -0.467 e. The number of hydrogen-bond acceptors (Lipinski definition) is 8. The van der Waals surface area contributed by atoms with Gasteiger partial charge in [-0.1, -0.05) is 15.9 Å². The molecule has 0 spiro atoms. The zero-order valence-corrected chi connectivity index (χ0v) is 15.1. The molecule has 136 valence electrons. The number of methoxy groups -OCH3 is 1. The fraction of sp³-hybridized carbons (Fsp3) is 0.467. The SMILES string of the molecule is COC(=O)C1CC(OC(C)=O)CC(Oc2ccc(Br)cc2[N+](=O)[O-])O1. The van der Waals surface area contributed by atoms with E-state index in [1.807, 2.05) is 0 Å². The predicted molar refractivity (Wildman–Crippen MR) is 86.9 cm³/mol. The topological polar surface area (TPSA) is 114 Å². The second-order valence-electron chi connectivity index (χ2n) is 5.27. The fourth-order valence-electron chi connectivity index (χ4n) is 2.41. The molecule has 2 rings (SSSR count). The Morgan fingerprint density at radius 3 is 2.68 bits per heavy atom. The molecule has 0 amide bonds. The van der Waals surface area contributed by atoms with Gasteiger partial charge in [0.25, 0.3) is 0 Å². The predicted octanol–water partition coefficient (Wildman–Crippen LogP) is 2.35. The van der Waals surface area contributed by atoms with Crippen molar-refractivity contribution in [2.45, 2.75) is 38.3 Å². The van der Waals surface area contributed by atoms with E-state index in [9.17, 15) is 19.7 Å². The molecule has 0 bridgehead atoms. The van der Waals surface area contributed by atoms with Crippen LogP contribution in [0.4, 0.5) is 5.69 Å². The lowest BCUT2D eigenvalue weighted by molar-refractivity contribution is -0.386. The fourth-order valence-corrected chi connectivity index (χ4v) is 2.76. The molecule has 1 aliphatic rings. The van der Waals surface area contributed by atoms with Crippen molar-refractivity contribution in [3.8, 4) is 5.75 Å². The van der Waals surface area contributed by atoms with Crippen molar-refractivity contribution >= 4 is 33.6 Å². The van der Waals surface area contributed by atoms with Crippen molar-refractivity contribution in [1.82, 2.24) is 0 Å². The first-order valence-electron chi connectivity index (χ1n) is 7.31. The highest BCUT2D eigenvalue weighted by Gasteiger charge is 2.37. The standard InChI is InChI=1S/C15H16BrNO8/c1-8(18)23-10-6-13(15(19)22-2)25-14(7-10)24-12-4-3-9(16)5-11(12)17(20)21/h3-5,10,13-14H,6-7H2,1-2H3. The van der Waals surface area contributed by atoms with Crippen molar-refractivity contribution in [2.24, 2.45) is 0 Å². The molecule has 0 aromatic heterocycles. The molecular formula is C15H16BrNO8. The van der Waals surface area contributed by atoms with Crippen molar-refractivity contribution < 1.29 is 33.5 Å². The van der Waals surface area contributed by atoms with Crippen LogP contribution in [-0.4, -0.2) is 42.5 Å². The summed E-state index contributed by atoms with van der Waals surface area (Å²) in [5, 5.41) is 11.2. The Labute approximate surface area is 151 Å². The summed E-state index contributed by atoms with van der Waals surface area (Å²) in [5.41, 5.74) is -0.262. The van der Waals surface area contributed by atoms with Gasteiger partial charge >= 0.3 is 17.6 Å². The Bertz CT molecular complexity index is 679. The van der Waals surface area contributed by atoms with Crippen LogP contribution in [0.1, 0.15) is 19.8 Å². The summed E-state index contributed by atoms with van der Waals surface area (Å²) in [4.78, 5) is 33.5. The number of nitrogens with zero attached hydrogens (tertiary/aromatic N) is 1. The molecule has 0 aliphatic carbocycles. The van der Waals surface area contributed by atoms with E-state index in [-0.39, 0.29) is 24.3 Å². The van der Waals surface area contributed by atoms with E-state index in [1.165, 1.54) is 26.2 Å². The zero-order valence-electron chi connectivity index (χ0n) is 13.5. The molecule has 1 fully saturated rings. The van der Waals surface area contributed by atoms with Crippen molar-refractivity contribution in [1.29, 1.82) is 0 Å². The first-order chi connectivity index (χ1) is 11.8. The molecule has 1 heterocycles. The van der Waals surface area contributed by atoms with Crippen LogP contribution in [0.2, 0.25) is 0 Å². The number of benzene rings is 1. The van der Waals surface area contributed by atoms with Crippen molar-refractivity contribution in [2.75, 3.05) is 7.11 Å². The molecule has 1 aliphatic heterocycles. The van der Waals surface area contributed by atoms with E-state index in [4.69, 9.17) is 14.2 Å². The lowest BCUT2D eigenvalue weighted by Gasteiger charge is -2.33. The van der Waals surface area contributed by atoms with Crippen LogP contribution < -0.4 is 4.74 Å². The average Bonchev–Trinajstić information content (AvgIpc) is 2.54. The Hall–Kier alpha value is -2.20. The van der Waals surface area contributed by atoms with Crippen molar-refractivity contribution in [3.05, 3.63) is 32.8 Å². The van der Waals surface area contributed by atoms with Crippen molar-refractivity contribution in [3.63, 3.8) is 0 Å². The van der Waals surface area contributed by atoms with Gasteiger partial charge in [0.2, 0.25) is 6.29 Å². The Balaban J connectivity index is 2.20. The van der Waals surface area contributed by atoms with Gasteiger partial charge in [-0.05, 0) is 12.1 Å². The number of nitro groups is 1. The Morgan fingerprint density at radius 1 is 1.36 bits per heavy atom. The normalized spacial score (nSPS) is 22.8. The van der Waals surface area contributed by atoms with Crippen LogP contribution in [0.5, 0.6) is 5.75 Å². The molecule has 1 saturated heterocycles. The molecule has 0 N–H and O–H groups in total. The molecule has 3 unspecified atom stereocenters. The summed E-state index contributed by atoms with van der Waals surface area (Å²) < 4.78 is 21.3. The lowest BCUT2D eigenvalue weighted by Crippen LogP contribution is -2.44. The zero-order chi connectivity index (χ0) is 18.6. The third kappa shape index (κ3) is 5.13. The van der Waals surface area contributed by atoms with Gasteiger partial charge in [0.15, 0.2) is 11.9 Å². The smallest absolute Gasteiger partial charge is 0.335 e. The van der Waals surface area contributed by atoms with Gasteiger partial charge in [-0.2, -0.15) is 0 Å². The molecule has 0 radical (unpaired) electrons. The maximum Gasteiger partial charge on any atom is 0.335 e. The summed E-state index contributed by atoms with van der Waals surface area (Å²) in [6, 6.07) is 4.28. The van der Waals surface area contributed by atoms with E-state index in [2.05, 4.69) is 20.7 Å². The van der Waals surface area contributed by atoms with Crippen LogP contribution in [0.3, 0.4) is 0 Å². The number of esters is 2. The lowest BCUT2D eigenvalue weighted by atomic mass is 10.0. The van der Waals surface area contributed by atoms with E-state index in [0.717, 1.165) is 0 Å². The van der Waals surface area contributed by atoms with Gasteiger partial charge in [0.05, 0.1) is 12.0 Å². The summed E-state index contributed by atoms with van der Waals surface area (Å²) in [5.74, 6) is -1.18. The maximum atomic E-state index is 11.8. The summed E-state index contributed by atoms with van der Waals surface area (Å²) in [6.07, 6.45) is -2.39. The second-order valence-corrected chi connectivity index (χ2v) is 6.18.